The van der Waals surface area contributed by atoms with E-state index >= 15 is 0 Å². The first-order valence-electron chi connectivity index (χ1n) is 8.85. The highest BCUT2D eigenvalue weighted by molar-refractivity contribution is 6.32. The molecular weight excluding hydrogens is 327 g/mol. The zero-order chi connectivity index (χ0) is 17.9. The van der Waals surface area contributed by atoms with Gasteiger partial charge in [-0.05, 0) is 43.4 Å². The summed E-state index contributed by atoms with van der Waals surface area (Å²) in [6, 6.07) is 7.17. The molecule has 0 atom stereocenters. The van der Waals surface area contributed by atoms with Gasteiger partial charge in [-0.3, -0.25) is 14.9 Å². The lowest BCUT2D eigenvalue weighted by molar-refractivity contribution is -0.122. The third-order valence-corrected chi connectivity index (χ3v) is 5.86. The molecule has 1 N–H and O–H groups in total. The summed E-state index contributed by atoms with van der Waals surface area (Å²) in [4.78, 5) is 36.0. The average Bonchev–Trinajstić information content (AvgIpc) is 3.55. The number of aromatic nitrogens is 2. The number of rotatable bonds is 3. The number of fused-ring (bicyclic) bond motifs is 2. The van der Waals surface area contributed by atoms with Crippen molar-refractivity contribution in [3.05, 3.63) is 47.8 Å². The zero-order valence-corrected chi connectivity index (χ0v) is 14.2. The Balaban J connectivity index is 0.00000180. The van der Waals surface area contributed by atoms with Crippen LogP contribution in [0.4, 0.5) is 5.95 Å². The molecule has 3 aliphatic rings. The molecule has 1 spiro atoms. The van der Waals surface area contributed by atoms with E-state index in [1.807, 2.05) is 6.07 Å². The number of carbonyl (C=O) groups is 2. The van der Waals surface area contributed by atoms with Gasteiger partial charge >= 0.3 is 0 Å². The smallest absolute Gasteiger partial charge is 0.255 e. The summed E-state index contributed by atoms with van der Waals surface area (Å²) in [5, 5.41) is 2.77. The molecule has 0 unspecified atom stereocenters. The first-order valence-corrected chi connectivity index (χ1v) is 8.85. The summed E-state index contributed by atoms with van der Waals surface area (Å²) in [6.07, 6.45) is 6.52. The minimum absolute atomic E-state index is 0. The van der Waals surface area contributed by atoms with Crippen molar-refractivity contribution >= 4 is 31.1 Å². The molecule has 6 nitrogen and oxygen atoms in total. The quantitative estimate of drug-likeness (QED) is 0.847. The molecule has 2 radical (unpaired) electrons. The summed E-state index contributed by atoms with van der Waals surface area (Å²) in [5.74, 6) is -0.0200. The number of benzene rings is 1. The number of hydrogen-bond donors (Lipinski definition) is 1. The molecule has 2 heterocycles. The molecule has 1 aliphatic heterocycles. The van der Waals surface area contributed by atoms with Gasteiger partial charge in [0.1, 0.15) is 13.4 Å². The highest BCUT2D eigenvalue weighted by Crippen LogP contribution is 2.56. The van der Waals surface area contributed by atoms with Crippen LogP contribution in [0.25, 0.3) is 0 Å². The average molecular weight is 346 g/mol. The molecule has 1 aromatic carbocycles. The highest BCUT2D eigenvalue weighted by atomic mass is 16.2. The van der Waals surface area contributed by atoms with E-state index in [0.717, 1.165) is 18.4 Å². The van der Waals surface area contributed by atoms with Crippen LogP contribution in [0, 0.1) is 0 Å². The van der Waals surface area contributed by atoms with Gasteiger partial charge in [0.15, 0.2) is 0 Å². The Kier molecular flexibility index (Phi) is 3.08. The van der Waals surface area contributed by atoms with Gasteiger partial charge in [-0.15, -0.1) is 0 Å². The molecular formula is C19H19BN4O2. The van der Waals surface area contributed by atoms with E-state index in [1.54, 1.807) is 35.5 Å². The fourth-order valence-electron chi connectivity index (χ4n) is 4.04. The fourth-order valence-corrected chi connectivity index (χ4v) is 4.04. The molecule has 130 valence electrons. The molecule has 2 aliphatic carbocycles. The Morgan fingerprint density at radius 2 is 1.92 bits per heavy atom. The van der Waals surface area contributed by atoms with Gasteiger partial charge in [-0.2, -0.15) is 0 Å². The molecule has 5 rings (SSSR count). The van der Waals surface area contributed by atoms with Crippen molar-refractivity contribution in [3.63, 3.8) is 0 Å². The molecule has 0 saturated heterocycles. The van der Waals surface area contributed by atoms with E-state index in [2.05, 4.69) is 15.3 Å². The van der Waals surface area contributed by atoms with Crippen LogP contribution in [0.1, 0.15) is 43.0 Å². The van der Waals surface area contributed by atoms with Gasteiger partial charge in [0.25, 0.3) is 11.8 Å². The summed E-state index contributed by atoms with van der Waals surface area (Å²) in [7, 11) is 5.94. The predicted octanol–water partition coefficient (Wildman–Crippen LogP) is 1.18. The van der Waals surface area contributed by atoms with Crippen molar-refractivity contribution in [2.45, 2.75) is 36.6 Å². The van der Waals surface area contributed by atoms with E-state index in [9.17, 15) is 9.59 Å². The largest absolute Gasteiger partial charge is 0.323 e. The second-order valence-electron chi connectivity index (χ2n) is 7.53. The standard InChI is InChI=1S/C19H17BN4O2.H2/c20-12-2-3-13-14(10-12)18(4-5-18)11-24(15(13)25)19(6-7-19)16(26)23-17-21-8-1-9-22-17;/h1-3,8-10H,4-7,11H2,(H,21,22,23,26);1H. The molecule has 7 heteroatoms. The van der Waals surface area contributed by atoms with E-state index in [1.165, 1.54) is 0 Å². The minimum atomic E-state index is -0.787. The third-order valence-electron chi connectivity index (χ3n) is 5.86. The molecule has 2 saturated carbocycles. The van der Waals surface area contributed by atoms with Crippen molar-refractivity contribution in [1.82, 2.24) is 14.9 Å². The monoisotopic (exact) mass is 346 g/mol. The number of nitrogens with zero attached hydrogens (tertiary/aromatic N) is 3. The summed E-state index contributed by atoms with van der Waals surface area (Å²) in [5.41, 5.74) is 1.57. The number of nitrogens with one attached hydrogen (secondary N) is 1. The van der Waals surface area contributed by atoms with Gasteiger partial charge in [0, 0.05) is 31.3 Å². The van der Waals surface area contributed by atoms with Gasteiger partial charge < -0.3 is 4.90 Å². The minimum Gasteiger partial charge on any atom is -0.323 e. The Morgan fingerprint density at radius 3 is 2.58 bits per heavy atom. The van der Waals surface area contributed by atoms with E-state index in [0.29, 0.717) is 30.4 Å². The number of carbonyl (C=O) groups excluding carboxylic acids is 2. The number of amides is 2. The summed E-state index contributed by atoms with van der Waals surface area (Å²) < 4.78 is 0. The van der Waals surface area contributed by atoms with Crippen molar-refractivity contribution in [2.75, 3.05) is 11.9 Å². The van der Waals surface area contributed by atoms with Gasteiger partial charge in [0.2, 0.25) is 5.95 Å². The van der Waals surface area contributed by atoms with Crippen molar-refractivity contribution < 1.29 is 11.0 Å². The van der Waals surface area contributed by atoms with Crippen LogP contribution >= 0.6 is 0 Å². The molecule has 2 fully saturated rings. The van der Waals surface area contributed by atoms with E-state index in [-0.39, 0.29) is 24.6 Å². The van der Waals surface area contributed by atoms with Crippen molar-refractivity contribution in [1.29, 1.82) is 0 Å². The second kappa shape index (κ2) is 5.16. The van der Waals surface area contributed by atoms with Gasteiger partial charge in [-0.1, -0.05) is 17.6 Å². The number of anilines is 1. The fraction of sp³-hybridized carbons (Fsp3) is 0.368. The Hall–Kier alpha value is -2.70. The Morgan fingerprint density at radius 1 is 1.19 bits per heavy atom. The van der Waals surface area contributed by atoms with Crippen LogP contribution in [0.15, 0.2) is 36.7 Å². The molecule has 26 heavy (non-hydrogen) atoms. The highest BCUT2D eigenvalue weighted by Gasteiger charge is 2.62. The maximum atomic E-state index is 13.2. The van der Waals surface area contributed by atoms with E-state index < -0.39 is 5.54 Å². The van der Waals surface area contributed by atoms with Crippen LogP contribution < -0.4 is 10.8 Å². The molecule has 0 bridgehead atoms. The van der Waals surface area contributed by atoms with Gasteiger partial charge in [0.05, 0.1) is 0 Å². The SMILES string of the molecule is [B]c1ccc2c(c1)C1(CC1)CN(C1(C(=O)Nc3ncccn3)CC1)C2=O.[HH]. The first-order chi connectivity index (χ1) is 12.5. The maximum Gasteiger partial charge on any atom is 0.255 e. The summed E-state index contributed by atoms with van der Waals surface area (Å²) in [6.45, 7) is 0.575. The second-order valence-corrected chi connectivity index (χ2v) is 7.53. The molecule has 2 amide bonds. The maximum absolute atomic E-state index is 13.2. The van der Waals surface area contributed by atoms with Crippen LogP contribution in [0.5, 0.6) is 0 Å². The van der Waals surface area contributed by atoms with Crippen LogP contribution in [0.2, 0.25) is 0 Å². The summed E-state index contributed by atoms with van der Waals surface area (Å²) >= 11 is 0. The lowest BCUT2D eigenvalue weighted by Crippen LogP contribution is -2.55. The number of hydrogen-bond acceptors (Lipinski definition) is 4. The predicted molar refractivity (Wildman–Crippen MR) is 98.5 cm³/mol. The van der Waals surface area contributed by atoms with Crippen molar-refractivity contribution in [2.24, 2.45) is 0 Å². The van der Waals surface area contributed by atoms with Crippen LogP contribution in [-0.2, 0) is 10.2 Å². The van der Waals surface area contributed by atoms with Crippen LogP contribution in [-0.4, -0.2) is 46.6 Å². The zero-order valence-electron chi connectivity index (χ0n) is 14.2. The lowest BCUT2D eigenvalue weighted by atomic mass is 9.81. The first kappa shape index (κ1) is 15.6. The molecule has 2 aromatic rings. The van der Waals surface area contributed by atoms with Gasteiger partial charge in [-0.25, -0.2) is 9.97 Å². The third kappa shape index (κ3) is 2.19. The lowest BCUT2D eigenvalue weighted by Gasteiger charge is -2.39. The van der Waals surface area contributed by atoms with Crippen LogP contribution in [0.3, 0.4) is 0 Å². The van der Waals surface area contributed by atoms with E-state index in [4.69, 9.17) is 7.85 Å². The Labute approximate surface area is 153 Å². The Bertz CT molecular complexity index is 929. The normalized spacial score (nSPS) is 21.2. The molecule has 1 aromatic heterocycles. The van der Waals surface area contributed by atoms with Crippen molar-refractivity contribution in [3.8, 4) is 0 Å². The topological polar surface area (TPSA) is 75.2 Å².